The number of halogens is 1. The average Bonchev–Trinajstić information content (AvgIpc) is 3.41. The first-order valence-electron chi connectivity index (χ1n) is 8.87. The molecule has 31 heavy (non-hydrogen) atoms. The highest BCUT2D eigenvalue weighted by atomic mass is 79.9. The van der Waals surface area contributed by atoms with Crippen LogP contribution in [0.2, 0.25) is 0 Å². The molecule has 0 saturated carbocycles. The van der Waals surface area contributed by atoms with Gasteiger partial charge in [-0.1, -0.05) is 23.5 Å². The Labute approximate surface area is 188 Å². The Morgan fingerprint density at radius 3 is 2.94 bits per heavy atom. The number of fused-ring (bicyclic) bond motifs is 1. The second-order valence-corrected chi connectivity index (χ2v) is 7.99. The second kappa shape index (κ2) is 8.65. The van der Waals surface area contributed by atoms with E-state index < -0.39 is 11.9 Å². The third-order valence-corrected chi connectivity index (χ3v) is 5.58. The summed E-state index contributed by atoms with van der Waals surface area (Å²) >= 11 is 4.43. The fraction of sp³-hybridized carbons (Fsp3) is 0.111. The molecule has 1 atom stereocenters. The van der Waals surface area contributed by atoms with Gasteiger partial charge in [0.05, 0.1) is 15.8 Å². The Morgan fingerprint density at radius 1 is 1.42 bits per heavy atom. The number of carbonyl (C=O) groups excluding carboxylic acids is 1. The van der Waals surface area contributed by atoms with E-state index >= 15 is 0 Å². The molecule has 3 heterocycles. The van der Waals surface area contributed by atoms with Gasteiger partial charge in [-0.15, -0.1) is 10.2 Å². The van der Waals surface area contributed by atoms with Gasteiger partial charge in [-0.25, -0.2) is 4.99 Å². The van der Waals surface area contributed by atoms with Crippen LogP contribution in [0.25, 0.3) is 11.1 Å². The standard InChI is InChI=1S/C18H16BrN9O2S/c1-8-12(15(29)26-18-28-22-7-31-18)14(13(21)9(19)6-20)25-16(23-8)27-17-24-10-4-2-3-5-11(10)30-17/h2-7,14,20H,21H2,1H3,(H,26,28,29)(H2,23,24,25,27)/b13-9+,20-6?. The first-order valence-corrected chi connectivity index (χ1v) is 10.5. The Balaban J connectivity index is 1.66. The second-order valence-electron chi connectivity index (χ2n) is 6.30. The molecule has 3 aromatic rings. The van der Waals surface area contributed by atoms with E-state index in [2.05, 4.69) is 52.1 Å². The molecule has 0 saturated heterocycles. The summed E-state index contributed by atoms with van der Waals surface area (Å²) in [4.78, 5) is 21.8. The number of aliphatic imine (C=N–C) groups is 1. The van der Waals surface area contributed by atoms with Gasteiger partial charge in [0, 0.05) is 11.9 Å². The number of nitrogens with two attached hydrogens (primary N) is 1. The number of rotatable bonds is 5. The van der Waals surface area contributed by atoms with Crippen molar-refractivity contribution in [2.75, 3.05) is 10.6 Å². The molecule has 1 aromatic carbocycles. The molecule has 1 amide bonds. The van der Waals surface area contributed by atoms with E-state index in [0.29, 0.717) is 26.4 Å². The summed E-state index contributed by atoms with van der Waals surface area (Å²) < 4.78 is 5.98. The minimum absolute atomic E-state index is 0.190. The van der Waals surface area contributed by atoms with Gasteiger partial charge in [-0.2, -0.15) is 4.98 Å². The number of benzene rings is 1. The van der Waals surface area contributed by atoms with Crippen LogP contribution >= 0.6 is 27.3 Å². The van der Waals surface area contributed by atoms with Crippen LogP contribution < -0.4 is 21.7 Å². The zero-order valence-electron chi connectivity index (χ0n) is 16.0. The van der Waals surface area contributed by atoms with E-state index in [1.807, 2.05) is 18.2 Å². The number of nitrogens with zero attached hydrogens (tertiary/aromatic N) is 4. The Kier molecular flexibility index (Phi) is 5.77. The van der Waals surface area contributed by atoms with Crippen molar-refractivity contribution < 1.29 is 9.21 Å². The van der Waals surface area contributed by atoms with Crippen molar-refractivity contribution >= 4 is 67.6 Å². The van der Waals surface area contributed by atoms with Crippen molar-refractivity contribution in [3.05, 3.63) is 51.2 Å². The van der Waals surface area contributed by atoms with Gasteiger partial charge >= 0.3 is 6.01 Å². The smallest absolute Gasteiger partial charge is 0.302 e. The lowest BCUT2D eigenvalue weighted by molar-refractivity contribution is -0.113. The molecule has 0 radical (unpaired) electrons. The first-order chi connectivity index (χ1) is 15.0. The summed E-state index contributed by atoms with van der Waals surface area (Å²) in [6.45, 7) is 1.72. The van der Waals surface area contributed by atoms with Crippen molar-refractivity contribution in [2.24, 2.45) is 10.7 Å². The van der Waals surface area contributed by atoms with Crippen LogP contribution in [0.15, 0.2) is 60.6 Å². The quantitative estimate of drug-likeness (QED) is 0.332. The van der Waals surface area contributed by atoms with Gasteiger partial charge in [0.1, 0.15) is 17.1 Å². The molecule has 11 nitrogen and oxygen atoms in total. The number of carbonyl (C=O) groups is 1. The van der Waals surface area contributed by atoms with Gasteiger partial charge in [0.2, 0.25) is 11.1 Å². The van der Waals surface area contributed by atoms with E-state index in [4.69, 9.17) is 15.6 Å². The Bertz CT molecular complexity index is 1210. The lowest BCUT2D eigenvalue weighted by atomic mass is 10.00. The molecular weight excluding hydrogens is 486 g/mol. The SMILES string of the molecule is CC1=C(C(=O)Nc2nncs2)C(/C(N)=C(\Br)C=N)N=C(Nc2nc3ccccc3o2)N1. The van der Waals surface area contributed by atoms with Crippen LogP contribution in [0.5, 0.6) is 0 Å². The Morgan fingerprint density at radius 2 is 2.23 bits per heavy atom. The molecule has 2 aromatic heterocycles. The summed E-state index contributed by atoms with van der Waals surface area (Å²) in [5.41, 5.74) is 10.0. The highest BCUT2D eigenvalue weighted by molar-refractivity contribution is 9.12. The summed E-state index contributed by atoms with van der Waals surface area (Å²) in [7, 11) is 0. The van der Waals surface area contributed by atoms with Crippen molar-refractivity contribution in [1.29, 1.82) is 5.41 Å². The molecule has 0 fully saturated rings. The number of allylic oxidation sites excluding steroid dienone is 2. The molecule has 0 bridgehead atoms. The molecular formula is C18H16BrN9O2S. The van der Waals surface area contributed by atoms with Gasteiger partial charge < -0.3 is 20.9 Å². The van der Waals surface area contributed by atoms with Gasteiger partial charge in [-0.05, 0) is 35.0 Å². The molecule has 158 valence electrons. The van der Waals surface area contributed by atoms with Crippen molar-refractivity contribution in [2.45, 2.75) is 13.0 Å². The minimum atomic E-state index is -0.878. The molecule has 1 aliphatic heterocycles. The molecule has 0 spiro atoms. The van der Waals surface area contributed by atoms with Crippen LogP contribution in [0.3, 0.4) is 0 Å². The number of anilines is 2. The predicted octanol–water partition coefficient (Wildman–Crippen LogP) is 2.55. The summed E-state index contributed by atoms with van der Waals surface area (Å²) in [6, 6.07) is 6.68. The molecule has 1 aliphatic rings. The lowest BCUT2D eigenvalue weighted by Crippen LogP contribution is -2.42. The number of hydrogen-bond donors (Lipinski definition) is 5. The van der Waals surface area contributed by atoms with Crippen molar-refractivity contribution in [1.82, 2.24) is 20.5 Å². The zero-order chi connectivity index (χ0) is 22.0. The molecule has 1 unspecified atom stereocenters. The minimum Gasteiger partial charge on any atom is -0.423 e. The van der Waals surface area contributed by atoms with Gasteiger partial charge in [-0.3, -0.25) is 15.4 Å². The molecule has 13 heteroatoms. The highest BCUT2D eigenvalue weighted by Crippen LogP contribution is 2.26. The van der Waals surface area contributed by atoms with E-state index in [1.54, 1.807) is 13.0 Å². The largest absolute Gasteiger partial charge is 0.423 e. The molecule has 4 rings (SSSR count). The van der Waals surface area contributed by atoms with E-state index in [0.717, 1.165) is 6.21 Å². The van der Waals surface area contributed by atoms with Crippen molar-refractivity contribution in [3.63, 3.8) is 0 Å². The number of hydrogen-bond acceptors (Lipinski definition) is 11. The topological polar surface area (TPSA) is 167 Å². The maximum atomic E-state index is 12.9. The van der Waals surface area contributed by atoms with Crippen LogP contribution in [-0.4, -0.2) is 39.3 Å². The number of guanidine groups is 1. The monoisotopic (exact) mass is 501 g/mol. The van der Waals surface area contributed by atoms with E-state index in [-0.39, 0.29) is 23.2 Å². The normalized spacial score (nSPS) is 17.0. The maximum absolute atomic E-state index is 12.9. The van der Waals surface area contributed by atoms with Crippen LogP contribution in [0.4, 0.5) is 11.1 Å². The zero-order valence-corrected chi connectivity index (χ0v) is 18.4. The highest BCUT2D eigenvalue weighted by Gasteiger charge is 2.31. The third-order valence-electron chi connectivity index (χ3n) is 4.28. The van der Waals surface area contributed by atoms with Crippen LogP contribution in [-0.2, 0) is 4.79 Å². The van der Waals surface area contributed by atoms with Crippen molar-refractivity contribution in [3.8, 4) is 0 Å². The van der Waals surface area contributed by atoms with Gasteiger partial charge in [0.15, 0.2) is 5.58 Å². The first kappa shape index (κ1) is 20.7. The summed E-state index contributed by atoms with van der Waals surface area (Å²) in [5.74, 6) is -0.153. The van der Waals surface area contributed by atoms with Crippen LogP contribution in [0.1, 0.15) is 6.92 Å². The summed E-state index contributed by atoms with van der Waals surface area (Å²) in [5, 5.41) is 24.1. The third kappa shape index (κ3) is 4.32. The maximum Gasteiger partial charge on any atom is 0.302 e. The fourth-order valence-corrected chi connectivity index (χ4v) is 3.55. The van der Waals surface area contributed by atoms with Gasteiger partial charge in [0.25, 0.3) is 5.91 Å². The van der Waals surface area contributed by atoms with Crippen LogP contribution in [0, 0.1) is 5.41 Å². The predicted molar refractivity (Wildman–Crippen MR) is 122 cm³/mol. The number of para-hydroxylation sites is 2. The number of aromatic nitrogens is 3. The average molecular weight is 502 g/mol. The number of oxazole rings is 1. The van der Waals surface area contributed by atoms with E-state index in [1.165, 1.54) is 16.8 Å². The lowest BCUT2D eigenvalue weighted by Gasteiger charge is -2.26. The Hall–Kier alpha value is -3.58. The van der Waals surface area contributed by atoms with E-state index in [9.17, 15) is 4.79 Å². The number of nitrogens with one attached hydrogen (secondary N) is 4. The number of amides is 1. The fourth-order valence-electron chi connectivity index (χ4n) is 2.89. The summed E-state index contributed by atoms with van der Waals surface area (Å²) in [6.07, 6.45) is 1.04. The molecule has 0 aliphatic carbocycles. The molecule has 6 N–H and O–H groups in total.